The van der Waals surface area contributed by atoms with E-state index in [1.807, 2.05) is 31.2 Å². The molecule has 1 unspecified atom stereocenters. The van der Waals surface area contributed by atoms with Crippen molar-refractivity contribution < 1.29 is 14.3 Å². The summed E-state index contributed by atoms with van der Waals surface area (Å²) in [7, 11) is 1.54. The SMILES string of the molecule is COc1cc(CNC(C)c2ccc(C)o2)ccc1O. The average Bonchev–Trinajstić information content (AvgIpc) is 2.84. The summed E-state index contributed by atoms with van der Waals surface area (Å²) in [4.78, 5) is 0. The molecule has 2 N–H and O–H groups in total. The first-order valence-corrected chi connectivity index (χ1v) is 6.25. The normalized spacial score (nSPS) is 12.4. The molecule has 0 saturated carbocycles. The highest BCUT2D eigenvalue weighted by atomic mass is 16.5. The van der Waals surface area contributed by atoms with Gasteiger partial charge in [-0.15, -0.1) is 0 Å². The summed E-state index contributed by atoms with van der Waals surface area (Å²) in [6.07, 6.45) is 0. The van der Waals surface area contributed by atoms with Crippen LogP contribution in [0.15, 0.2) is 34.7 Å². The van der Waals surface area contributed by atoms with Crippen LogP contribution in [0.4, 0.5) is 0 Å². The number of phenolic OH excluding ortho intramolecular Hbond substituents is 1. The summed E-state index contributed by atoms with van der Waals surface area (Å²) < 4.78 is 10.7. The molecule has 0 fully saturated rings. The summed E-state index contributed by atoms with van der Waals surface area (Å²) >= 11 is 0. The number of nitrogens with one attached hydrogen (secondary N) is 1. The Bertz CT molecular complexity index is 548. The molecule has 19 heavy (non-hydrogen) atoms. The zero-order chi connectivity index (χ0) is 13.8. The van der Waals surface area contributed by atoms with Gasteiger partial charge in [-0.05, 0) is 43.7 Å². The van der Waals surface area contributed by atoms with Crippen LogP contribution in [-0.4, -0.2) is 12.2 Å². The molecule has 0 radical (unpaired) electrons. The Kier molecular flexibility index (Phi) is 4.12. The fourth-order valence-electron chi connectivity index (χ4n) is 1.89. The van der Waals surface area contributed by atoms with E-state index in [2.05, 4.69) is 12.2 Å². The van der Waals surface area contributed by atoms with Gasteiger partial charge in [-0.25, -0.2) is 0 Å². The summed E-state index contributed by atoms with van der Waals surface area (Å²) in [6, 6.07) is 9.39. The van der Waals surface area contributed by atoms with Crippen LogP contribution in [0.3, 0.4) is 0 Å². The Labute approximate surface area is 113 Å². The maximum absolute atomic E-state index is 9.53. The second kappa shape index (κ2) is 5.80. The number of hydrogen-bond acceptors (Lipinski definition) is 4. The van der Waals surface area contributed by atoms with E-state index in [0.717, 1.165) is 17.1 Å². The smallest absolute Gasteiger partial charge is 0.160 e. The number of hydrogen-bond donors (Lipinski definition) is 2. The highest BCUT2D eigenvalue weighted by Crippen LogP contribution is 2.26. The summed E-state index contributed by atoms with van der Waals surface area (Å²) in [5.74, 6) is 2.47. The van der Waals surface area contributed by atoms with Crippen molar-refractivity contribution in [2.75, 3.05) is 7.11 Å². The van der Waals surface area contributed by atoms with Crippen molar-refractivity contribution in [3.63, 3.8) is 0 Å². The first kappa shape index (κ1) is 13.5. The van der Waals surface area contributed by atoms with Crippen molar-refractivity contribution in [2.24, 2.45) is 0 Å². The Morgan fingerprint density at radius 2 is 2.11 bits per heavy atom. The van der Waals surface area contributed by atoms with Gasteiger partial charge in [-0.1, -0.05) is 6.07 Å². The molecule has 4 heteroatoms. The van der Waals surface area contributed by atoms with Gasteiger partial charge in [0, 0.05) is 6.54 Å². The van der Waals surface area contributed by atoms with Crippen molar-refractivity contribution in [1.29, 1.82) is 0 Å². The minimum Gasteiger partial charge on any atom is -0.504 e. The van der Waals surface area contributed by atoms with Crippen LogP contribution in [0, 0.1) is 6.92 Å². The van der Waals surface area contributed by atoms with Gasteiger partial charge >= 0.3 is 0 Å². The lowest BCUT2D eigenvalue weighted by molar-refractivity contribution is 0.372. The molecule has 2 rings (SSSR count). The molecular formula is C15H19NO3. The molecule has 1 aromatic heterocycles. The second-order valence-corrected chi connectivity index (χ2v) is 4.56. The lowest BCUT2D eigenvalue weighted by Gasteiger charge is -2.12. The van der Waals surface area contributed by atoms with Gasteiger partial charge < -0.3 is 19.6 Å². The zero-order valence-corrected chi connectivity index (χ0v) is 11.4. The molecule has 0 amide bonds. The second-order valence-electron chi connectivity index (χ2n) is 4.56. The van der Waals surface area contributed by atoms with Crippen molar-refractivity contribution in [2.45, 2.75) is 26.4 Å². The molecule has 0 spiro atoms. The molecule has 1 heterocycles. The lowest BCUT2D eigenvalue weighted by Crippen LogP contribution is -2.17. The van der Waals surface area contributed by atoms with Gasteiger partial charge in [-0.3, -0.25) is 0 Å². The van der Waals surface area contributed by atoms with Crippen LogP contribution in [0.1, 0.15) is 30.0 Å². The van der Waals surface area contributed by atoms with E-state index in [1.165, 1.54) is 0 Å². The largest absolute Gasteiger partial charge is 0.504 e. The summed E-state index contributed by atoms with van der Waals surface area (Å²) in [5.41, 5.74) is 1.05. The molecule has 0 aliphatic carbocycles. The van der Waals surface area contributed by atoms with E-state index in [0.29, 0.717) is 12.3 Å². The molecule has 0 aliphatic rings. The number of phenols is 1. The number of rotatable bonds is 5. The van der Waals surface area contributed by atoms with Gasteiger partial charge in [-0.2, -0.15) is 0 Å². The number of aromatic hydroxyl groups is 1. The monoisotopic (exact) mass is 261 g/mol. The van der Waals surface area contributed by atoms with E-state index in [4.69, 9.17) is 9.15 Å². The molecule has 4 nitrogen and oxygen atoms in total. The van der Waals surface area contributed by atoms with Crippen LogP contribution in [-0.2, 0) is 6.54 Å². The van der Waals surface area contributed by atoms with Crippen LogP contribution >= 0.6 is 0 Å². The van der Waals surface area contributed by atoms with Crippen LogP contribution in [0.5, 0.6) is 11.5 Å². The topological polar surface area (TPSA) is 54.6 Å². The van der Waals surface area contributed by atoms with Crippen molar-refractivity contribution >= 4 is 0 Å². The minimum atomic E-state index is 0.133. The maximum Gasteiger partial charge on any atom is 0.160 e. The minimum absolute atomic E-state index is 0.133. The highest BCUT2D eigenvalue weighted by molar-refractivity contribution is 5.41. The number of benzene rings is 1. The molecule has 2 aromatic rings. The Morgan fingerprint density at radius 3 is 2.74 bits per heavy atom. The fraction of sp³-hybridized carbons (Fsp3) is 0.333. The van der Waals surface area contributed by atoms with E-state index < -0.39 is 0 Å². The predicted molar refractivity (Wildman–Crippen MR) is 73.4 cm³/mol. The van der Waals surface area contributed by atoms with E-state index >= 15 is 0 Å². The summed E-state index contributed by atoms with van der Waals surface area (Å²) in [5, 5.41) is 12.9. The quantitative estimate of drug-likeness (QED) is 0.868. The Morgan fingerprint density at radius 1 is 1.32 bits per heavy atom. The van der Waals surface area contributed by atoms with Crippen molar-refractivity contribution in [3.05, 3.63) is 47.4 Å². The van der Waals surface area contributed by atoms with Gasteiger partial charge in [0.15, 0.2) is 11.5 Å². The van der Waals surface area contributed by atoms with Crippen molar-refractivity contribution in [3.8, 4) is 11.5 Å². The first-order chi connectivity index (χ1) is 9.10. The number of aryl methyl sites for hydroxylation is 1. The van der Waals surface area contributed by atoms with Gasteiger partial charge in [0.25, 0.3) is 0 Å². The molecule has 1 atom stereocenters. The van der Waals surface area contributed by atoms with E-state index in [1.54, 1.807) is 13.2 Å². The van der Waals surface area contributed by atoms with E-state index in [9.17, 15) is 5.11 Å². The van der Waals surface area contributed by atoms with Crippen LogP contribution in [0.25, 0.3) is 0 Å². The van der Waals surface area contributed by atoms with Crippen molar-refractivity contribution in [1.82, 2.24) is 5.32 Å². The van der Waals surface area contributed by atoms with E-state index in [-0.39, 0.29) is 11.8 Å². The highest BCUT2D eigenvalue weighted by Gasteiger charge is 2.09. The molecule has 1 aromatic carbocycles. The molecule has 102 valence electrons. The maximum atomic E-state index is 9.53. The van der Waals surface area contributed by atoms with Gasteiger partial charge in [0.2, 0.25) is 0 Å². The third kappa shape index (κ3) is 3.29. The fourth-order valence-corrected chi connectivity index (χ4v) is 1.89. The third-order valence-corrected chi connectivity index (χ3v) is 3.04. The zero-order valence-electron chi connectivity index (χ0n) is 11.4. The Hall–Kier alpha value is -1.94. The van der Waals surface area contributed by atoms with Crippen LogP contribution < -0.4 is 10.1 Å². The standard InChI is InChI=1S/C15H19NO3/c1-10-4-7-14(19-10)11(2)16-9-12-5-6-13(17)15(8-12)18-3/h4-8,11,16-17H,9H2,1-3H3. The third-order valence-electron chi connectivity index (χ3n) is 3.04. The first-order valence-electron chi connectivity index (χ1n) is 6.25. The average molecular weight is 261 g/mol. The molecule has 0 aliphatic heterocycles. The Balaban J connectivity index is 1.98. The molecular weight excluding hydrogens is 242 g/mol. The molecule has 0 saturated heterocycles. The number of ether oxygens (including phenoxy) is 1. The summed E-state index contributed by atoms with van der Waals surface area (Å²) in [6.45, 7) is 4.66. The molecule has 0 bridgehead atoms. The van der Waals surface area contributed by atoms with Gasteiger partial charge in [0.05, 0.1) is 13.2 Å². The number of methoxy groups -OCH3 is 1. The lowest BCUT2D eigenvalue weighted by atomic mass is 10.2. The number of furan rings is 1. The predicted octanol–water partition coefficient (Wildman–Crippen LogP) is 3.15. The van der Waals surface area contributed by atoms with Crippen LogP contribution in [0.2, 0.25) is 0 Å². The van der Waals surface area contributed by atoms with Gasteiger partial charge in [0.1, 0.15) is 11.5 Å².